The van der Waals surface area contributed by atoms with Crippen molar-refractivity contribution in [2.75, 3.05) is 0 Å². The van der Waals surface area contributed by atoms with Crippen LogP contribution in [0.25, 0.3) is 0 Å². The Labute approximate surface area is 197 Å². The molecule has 1 saturated heterocycles. The second-order valence-electron chi connectivity index (χ2n) is 9.15. The average molecular weight is 468 g/mol. The van der Waals surface area contributed by atoms with Gasteiger partial charge >= 0.3 is 5.97 Å². The van der Waals surface area contributed by atoms with Gasteiger partial charge in [0.2, 0.25) is 0 Å². The molecule has 0 bridgehead atoms. The van der Waals surface area contributed by atoms with Gasteiger partial charge in [0, 0.05) is 36.1 Å². The molecule has 1 aromatic carbocycles. The van der Waals surface area contributed by atoms with Gasteiger partial charge in [-0.2, -0.15) is 5.48 Å². The van der Waals surface area contributed by atoms with Crippen LogP contribution in [0.1, 0.15) is 61.8 Å². The number of carbonyl (C=O) groups is 1. The number of nitrogens with one attached hydrogen (secondary N) is 2. The van der Waals surface area contributed by atoms with Crippen LogP contribution in [0.2, 0.25) is 0 Å². The molecular weight excluding hydrogens is 438 g/mol. The Hall–Kier alpha value is -2.72. The van der Waals surface area contributed by atoms with E-state index < -0.39 is 11.3 Å². The van der Waals surface area contributed by atoms with Gasteiger partial charge in [0.1, 0.15) is 17.3 Å². The van der Waals surface area contributed by atoms with Crippen LogP contribution in [0.15, 0.2) is 60.5 Å². The first-order chi connectivity index (χ1) is 15.8. The van der Waals surface area contributed by atoms with Gasteiger partial charge in [-0.05, 0) is 32.8 Å². The molecule has 0 radical (unpaired) electrons. The molecule has 1 fully saturated rings. The number of hydrogen-bond acceptors (Lipinski definition) is 9. The lowest BCUT2D eigenvalue weighted by molar-refractivity contribution is -0.155. The van der Waals surface area contributed by atoms with E-state index in [9.17, 15) is 4.79 Å². The lowest BCUT2D eigenvalue weighted by Gasteiger charge is -2.33. The second-order valence-corrected chi connectivity index (χ2v) is 10.1. The highest BCUT2D eigenvalue weighted by Gasteiger charge is 2.49. The van der Waals surface area contributed by atoms with Crippen molar-refractivity contribution in [1.29, 1.82) is 0 Å². The third kappa shape index (κ3) is 6.20. The smallest absolute Gasteiger partial charge is 0.309 e. The molecule has 3 heterocycles. The number of ether oxygens (including phenoxy) is 1. The minimum Gasteiger partial charge on any atom is -0.461 e. The van der Waals surface area contributed by atoms with Gasteiger partial charge in [-0.3, -0.25) is 24.9 Å². The summed E-state index contributed by atoms with van der Waals surface area (Å²) in [5.74, 6) is -0.378. The van der Waals surface area contributed by atoms with Crippen molar-refractivity contribution in [3.8, 4) is 0 Å². The van der Waals surface area contributed by atoms with E-state index in [1.807, 2.05) is 56.5 Å². The number of benzene rings is 1. The van der Waals surface area contributed by atoms with E-state index in [1.54, 1.807) is 36.1 Å². The molecule has 0 unspecified atom stereocenters. The first-order valence-electron chi connectivity index (χ1n) is 10.9. The van der Waals surface area contributed by atoms with Crippen LogP contribution in [0.4, 0.5) is 0 Å². The van der Waals surface area contributed by atoms with Crippen LogP contribution in [0.3, 0.4) is 0 Å². The molecule has 2 aromatic heterocycles. The standard InChI is InChI=1S/C24H29N5O3S/c1-23(2,3)32-29-24(14-20(30)31-16-17-7-5-4-6-8-17)13-18(19-15-25-9-10-26-19)21(28-24)22-27-11-12-33-22/h4-12,15,18,21,28-29H,13-14,16H2,1-3H3/t18-,21-,24+/m1/s1. The Morgan fingerprint density at radius 1 is 1.21 bits per heavy atom. The number of carbonyl (C=O) groups excluding carboxylic acids is 1. The van der Waals surface area contributed by atoms with Crippen LogP contribution < -0.4 is 10.8 Å². The molecule has 9 heteroatoms. The summed E-state index contributed by atoms with van der Waals surface area (Å²) >= 11 is 1.56. The highest BCUT2D eigenvalue weighted by atomic mass is 32.1. The zero-order valence-electron chi connectivity index (χ0n) is 19.0. The fraction of sp³-hybridized carbons (Fsp3) is 0.417. The fourth-order valence-electron chi connectivity index (χ4n) is 3.87. The van der Waals surface area contributed by atoms with Gasteiger partial charge in [0.25, 0.3) is 0 Å². The van der Waals surface area contributed by atoms with Crippen molar-refractivity contribution in [3.05, 3.63) is 76.8 Å². The molecule has 174 valence electrons. The molecule has 4 rings (SSSR count). The zero-order valence-corrected chi connectivity index (χ0v) is 19.8. The molecule has 3 aromatic rings. The van der Waals surface area contributed by atoms with E-state index in [4.69, 9.17) is 9.57 Å². The monoisotopic (exact) mass is 467 g/mol. The first kappa shape index (κ1) is 23.4. The number of hydroxylamine groups is 1. The Kier molecular flexibility index (Phi) is 7.14. The second kappa shape index (κ2) is 10.0. The number of esters is 1. The van der Waals surface area contributed by atoms with E-state index in [0.29, 0.717) is 6.42 Å². The largest absolute Gasteiger partial charge is 0.461 e. The Morgan fingerprint density at radius 3 is 2.70 bits per heavy atom. The molecule has 8 nitrogen and oxygen atoms in total. The van der Waals surface area contributed by atoms with E-state index in [0.717, 1.165) is 16.3 Å². The molecule has 0 spiro atoms. The topological polar surface area (TPSA) is 98.3 Å². The van der Waals surface area contributed by atoms with Crippen LogP contribution >= 0.6 is 11.3 Å². The Bertz CT molecular complexity index is 1030. The third-order valence-electron chi connectivity index (χ3n) is 5.32. The van der Waals surface area contributed by atoms with Gasteiger partial charge in [-0.1, -0.05) is 30.3 Å². The molecular formula is C24H29N5O3S. The van der Waals surface area contributed by atoms with E-state index in [1.165, 1.54) is 0 Å². The normalized spacial score (nSPS) is 22.9. The molecule has 1 aliphatic rings. The van der Waals surface area contributed by atoms with E-state index in [2.05, 4.69) is 25.7 Å². The van der Waals surface area contributed by atoms with Crippen LogP contribution in [-0.2, 0) is 21.0 Å². The van der Waals surface area contributed by atoms with Gasteiger partial charge in [-0.15, -0.1) is 11.3 Å². The lowest BCUT2D eigenvalue weighted by Crippen LogP contribution is -2.56. The quantitative estimate of drug-likeness (QED) is 0.380. The van der Waals surface area contributed by atoms with Crippen molar-refractivity contribution in [3.63, 3.8) is 0 Å². The average Bonchev–Trinajstić information content (AvgIpc) is 3.46. The number of aromatic nitrogens is 3. The number of thiazole rings is 1. The summed E-state index contributed by atoms with van der Waals surface area (Å²) < 4.78 is 5.60. The van der Waals surface area contributed by atoms with Gasteiger partial charge < -0.3 is 4.74 Å². The molecule has 33 heavy (non-hydrogen) atoms. The van der Waals surface area contributed by atoms with Crippen molar-refractivity contribution in [2.24, 2.45) is 0 Å². The SMILES string of the molecule is CC(C)(C)ON[C@]1(CC(=O)OCc2ccccc2)C[C@H](c2cnccn2)[C@H](c2nccs2)N1. The Balaban J connectivity index is 1.57. The first-order valence-corrected chi connectivity index (χ1v) is 11.8. The number of nitrogens with zero attached hydrogens (tertiary/aromatic N) is 3. The highest BCUT2D eigenvalue weighted by molar-refractivity contribution is 7.09. The number of rotatable bonds is 8. The minimum absolute atomic E-state index is 0.0529. The third-order valence-corrected chi connectivity index (χ3v) is 6.18. The summed E-state index contributed by atoms with van der Waals surface area (Å²) in [7, 11) is 0. The molecule has 0 amide bonds. The van der Waals surface area contributed by atoms with Crippen LogP contribution in [-0.4, -0.2) is 32.2 Å². The summed E-state index contributed by atoms with van der Waals surface area (Å²) in [4.78, 5) is 32.2. The molecule has 0 saturated carbocycles. The lowest BCUT2D eigenvalue weighted by atomic mass is 9.92. The summed E-state index contributed by atoms with van der Waals surface area (Å²) in [6, 6.07) is 9.49. The van der Waals surface area contributed by atoms with Gasteiger partial charge in [-0.25, -0.2) is 4.98 Å². The predicted octanol–water partition coefficient (Wildman–Crippen LogP) is 3.90. The van der Waals surface area contributed by atoms with Crippen LogP contribution in [0.5, 0.6) is 0 Å². The van der Waals surface area contributed by atoms with Crippen molar-refractivity contribution in [2.45, 2.75) is 63.4 Å². The molecule has 2 N–H and O–H groups in total. The predicted molar refractivity (Wildman–Crippen MR) is 125 cm³/mol. The van der Waals surface area contributed by atoms with E-state index in [-0.39, 0.29) is 31.0 Å². The van der Waals surface area contributed by atoms with Crippen molar-refractivity contribution >= 4 is 17.3 Å². The minimum atomic E-state index is -0.862. The zero-order chi connectivity index (χ0) is 23.3. The maximum atomic E-state index is 12.9. The summed E-state index contributed by atoms with van der Waals surface area (Å²) in [5, 5.41) is 6.46. The molecule has 0 aliphatic carbocycles. The molecule has 3 atom stereocenters. The van der Waals surface area contributed by atoms with E-state index >= 15 is 0 Å². The van der Waals surface area contributed by atoms with Crippen LogP contribution in [0, 0.1) is 0 Å². The maximum absolute atomic E-state index is 12.9. The van der Waals surface area contributed by atoms with Crippen molar-refractivity contribution in [1.82, 2.24) is 25.7 Å². The fourth-order valence-corrected chi connectivity index (χ4v) is 4.62. The summed E-state index contributed by atoms with van der Waals surface area (Å²) in [6.45, 7) is 6.08. The molecule has 1 aliphatic heterocycles. The maximum Gasteiger partial charge on any atom is 0.309 e. The Morgan fingerprint density at radius 2 is 2.03 bits per heavy atom. The van der Waals surface area contributed by atoms with Crippen molar-refractivity contribution < 1.29 is 14.4 Å². The van der Waals surface area contributed by atoms with Gasteiger partial charge in [0.05, 0.1) is 23.8 Å². The number of hydrogen-bond donors (Lipinski definition) is 2. The summed E-state index contributed by atoms with van der Waals surface area (Å²) in [6.07, 6.45) is 7.51. The summed E-state index contributed by atoms with van der Waals surface area (Å²) in [5.41, 5.74) is 3.63. The van der Waals surface area contributed by atoms with Gasteiger partial charge in [0.15, 0.2) is 0 Å². The highest BCUT2D eigenvalue weighted by Crippen LogP contribution is 2.44.